The minimum Gasteiger partial charge on any atom is -0.279 e. The lowest BCUT2D eigenvalue weighted by molar-refractivity contribution is 1.34. The van der Waals surface area contributed by atoms with Crippen LogP contribution in [0.15, 0.2) is 62.6 Å². The van der Waals surface area contributed by atoms with Crippen LogP contribution in [0, 0.1) is 0 Å². The van der Waals surface area contributed by atoms with Crippen LogP contribution in [0.25, 0.3) is 0 Å². The third-order valence-corrected chi connectivity index (χ3v) is 3.40. The minimum atomic E-state index is 0.955. The van der Waals surface area contributed by atoms with Crippen molar-refractivity contribution in [3.63, 3.8) is 0 Å². The van der Waals surface area contributed by atoms with Gasteiger partial charge in [-0.3, -0.25) is 5.43 Å². The van der Waals surface area contributed by atoms with Crippen molar-refractivity contribution < 1.29 is 0 Å². The van der Waals surface area contributed by atoms with Crippen molar-refractivity contribution in [1.82, 2.24) is 0 Å². The summed E-state index contributed by atoms with van der Waals surface area (Å²) in [4.78, 5) is 0. The summed E-state index contributed by atoms with van der Waals surface area (Å²) < 4.78 is 2.08. The van der Waals surface area contributed by atoms with E-state index in [1.165, 1.54) is 0 Å². The van der Waals surface area contributed by atoms with Gasteiger partial charge in [0.25, 0.3) is 0 Å². The second-order valence-corrected chi connectivity index (χ2v) is 5.17. The first-order valence-electron chi connectivity index (χ1n) is 5.05. The third kappa shape index (κ3) is 3.68. The normalized spacial score (nSPS) is 10.7. The lowest BCUT2D eigenvalue weighted by atomic mass is 10.2. The number of anilines is 1. The lowest BCUT2D eigenvalue weighted by Crippen LogP contribution is -1.90. The molecule has 2 aromatic carbocycles. The van der Waals surface area contributed by atoms with Crippen molar-refractivity contribution in [3.05, 3.63) is 63.0 Å². The van der Waals surface area contributed by atoms with Crippen molar-refractivity contribution in [2.75, 3.05) is 5.43 Å². The standard InChI is InChI=1S/C13H10Br2N2/c14-11-5-7-12(8-6-11)17-16-9-10-3-1-2-4-13(10)15/h1-9,17H/b16-9-. The summed E-state index contributed by atoms with van der Waals surface area (Å²) in [6.45, 7) is 0. The number of halogens is 2. The van der Waals surface area contributed by atoms with Crippen molar-refractivity contribution in [3.8, 4) is 0 Å². The average Bonchev–Trinajstić information content (AvgIpc) is 2.34. The lowest BCUT2D eigenvalue weighted by Gasteiger charge is -2.00. The first kappa shape index (κ1) is 12.3. The van der Waals surface area contributed by atoms with Crippen LogP contribution in [0.2, 0.25) is 0 Å². The highest BCUT2D eigenvalue weighted by atomic mass is 79.9. The van der Waals surface area contributed by atoms with Crippen LogP contribution in [0.1, 0.15) is 5.56 Å². The molecule has 4 heteroatoms. The summed E-state index contributed by atoms with van der Waals surface area (Å²) in [5, 5.41) is 4.18. The second kappa shape index (κ2) is 5.98. The van der Waals surface area contributed by atoms with Gasteiger partial charge in [0.2, 0.25) is 0 Å². The molecule has 0 spiro atoms. The maximum atomic E-state index is 4.18. The topological polar surface area (TPSA) is 24.4 Å². The van der Waals surface area contributed by atoms with Gasteiger partial charge in [-0.15, -0.1) is 0 Å². The fraction of sp³-hybridized carbons (Fsp3) is 0. The van der Waals surface area contributed by atoms with Gasteiger partial charge in [0.15, 0.2) is 0 Å². The van der Waals surface area contributed by atoms with Crippen molar-refractivity contribution in [1.29, 1.82) is 0 Å². The van der Waals surface area contributed by atoms with Gasteiger partial charge >= 0.3 is 0 Å². The zero-order valence-electron chi connectivity index (χ0n) is 8.90. The maximum absolute atomic E-state index is 4.18. The molecule has 0 fully saturated rings. The molecule has 1 N–H and O–H groups in total. The fourth-order valence-corrected chi connectivity index (χ4v) is 1.93. The number of nitrogens with one attached hydrogen (secondary N) is 1. The molecule has 0 saturated carbocycles. The largest absolute Gasteiger partial charge is 0.279 e. The van der Waals surface area contributed by atoms with E-state index in [0.29, 0.717) is 0 Å². The van der Waals surface area contributed by atoms with E-state index in [2.05, 4.69) is 42.4 Å². The third-order valence-electron chi connectivity index (χ3n) is 2.15. The van der Waals surface area contributed by atoms with Gasteiger partial charge in [0.1, 0.15) is 0 Å². The zero-order valence-corrected chi connectivity index (χ0v) is 12.1. The summed E-state index contributed by atoms with van der Waals surface area (Å²) in [6, 6.07) is 15.8. The van der Waals surface area contributed by atoms with E-state index >= 15 is 0 Å². The molecule has 17 heavy (non-hydrogen) atoms. The number of hydrazone groups is 1. The summed E-state index contributed by atoms with van der Waals surface area (Å²) >= 11 is 6.85. The van der Waals surface area contributed by atoms with Crippen LogP contribution in [0.4, 0.5) is 5.69 Å². The Bertz CT molecular complexity index is 521. The Morgan fingerprint density at radius 3 is 2.35 bits per heavy atom. The fourth-order valence-electron chi connectivity index (χ4n) is 1.28. The van der Waals surface area contributed by atoms with E-state index in [-0.39, 0.29) is 0 Å². The van der Waals surface area contributed by atoms with Crippen molar-refractivity contribution >= 4 is 43.8 Å². The molecule has 86 valence electrons. The molecule has 0 saturated heterocycles. The molecule has 0 bridgehead atoms. The Morgan fingerprint density at radius 2 is 1.65 bits per heavy atom. The summed E-state index contributed by atoms with van der Waals surface area (Å²) in [6.07, 6.45) is 1.78. The predicted octanol–water partition coefficient (Wildman–Crippen LogP) is 4.66. The van der Waals surface area contributed by atoms with Crippen LogP contribution < -0.4 is 5.43 Å². The monoisotopic (exact) mass is 352 g/mol. The van der Waals surface area contributed by atoms with E-state index in [0.717, 1.165) is 20.2 Å². The summed E-state index contributed by atoms with van der Waals surface area (Å²) in [7, 11) is 0. The molecule has 0 aliphatic heterocycles. The highest BCUT2D eigenvalue weighted by Crippen LogP contribution is 2.15. The molecule has 2 aromatic rings. The van der Waals surface area contributed by atoms with Gasteiger partial charge in [-0.1, -0.05) is 50.1 Å². The Kier molecular flexibility index (Phi) is 4.34. The average molecular weight is 354 g/mol. The summed E-state index contributed by atoms with van der Waals surface area (Å²) in [5.41, 5.74) is 4.97. The predicted molar refractivity (Wildman–Crippen MR) is 79.5 cm³/mol. The van der Waals surface area contributed by atoms with Gasteiger partial charge < -0.3 is 0 Å². The first-order valence-corrected chi connectivity index (χ1v) is 6.63. The van der Waals surface area contributed by atoms with Crippen LogP contribution in [-0.4, -0.2) is 6.21 Å². The van der Waals surface area contributed by atoms with Crippen molar-refractivity contribution in [2.45, 2.75) is 0 Å². The number of benzene rings is 2. The summed E-state index contributed by atoms with van der Waals surface area (Å²) in [5.74, 6) is 0. The van der Waals surface area contributed by atoms with E-state index in [4.69, 9.17) is 0 Å². The van der Waals surface area contributed by atoms with Gasteiger partial charge in [-0.05, 0) is 30.3 Å². The van der Waals surface area contributed by atoms with Crippen LogP contribution >= 0.6 is 31.9 Å². The quantitative estimate of drug-likeness (QED) is 0.630. The Morgan fingerprint density at radius 1 is 0.941 bits per heavy atom. The van der Waals surface area contributed by atoms with Gasteiger partial charge in [-0.25, -0.2) is 0 Å². The zero-order chi connectivity index (χ0) is 12.1. The molecule has 0 heterocycles. The number of hydrogen-bond donors (Lipinski definition) is 1. The molecule has 0 aromatic heterocycles. The molecule has 0 amide bonds. The molecule has 0 unspecified atom stereocenters. The Hall–Kier alpha value is -1.13. The molecular formula is C13H10Br2N2. The number of rotatable bonds is 3. The molecule has 0 radical (unpaired) electrons. The second-order valence-electron chi connectivity index (χ2n) is 3.40. The Labute approximate surface area is 117 Å². The van der Waals surface area contributed by atoms with Crippen LogP contribution in [0.3, 0.4) is 0 Å². The molecule has 2 rings (SSSR count). The van der Waals surface area contributed by atoms with Crippen LogP contribution in [-0.2, 0) is 0 Å². The van der Waals surface area contributed by atoms with E-state index in [1.54, 1.807) is 6.21 Å². The van der Waals surface area contributed by atoms with Gasteiger partial charge in [0.05, 0.1) is 11.9 Å². The minimum absolute atomic E-state index is 0.955. The van der Waals surface area contributed by atoms with E-state index in [9.17, 15) is 0 Å². The highest BCUT2D eigenvalue weighted by Gasteiger charge is 1.93. The highest BCUT2D eigenvalue weighted by molar-refractivity contribution is 9.10. The first-order chi connectivity index (χ1) is 8.25. The van der Waals surface area contributed by atoms with E-state index < -0.39 is 0 Å². The number of nitrogens with zero attached hydrogens (tertiary/aromatic N) is 1. The smallest absolute Gasteiger partial charge is 0.0562 e. The van der Waals surface area contributed by atoms with Gasteiger partial charge in [0, 0.05) is 14.5 Å². The number of hydrogen-bond acceptors (Lipinski definition) is 2. The van der Waals surface area contributed by atoms with E-state index in [1.807, 2.05) is 48.5 Å². The van der Waals surface area contributed by atoms with Crippen LogP contribution in [0.5, 0.6) is 0 Å². The van der Waals surface area contributed by atoms with Gasteiger partial charge in [-0.2, -0.15) is 5.10 Å². The molecule has 0 atom stereocenters. The maximum Gasteiger partial charge on any atom is 0.0562 e. The van der Waals surface area contributed by atoms with Crippen molar-refractivity contribution in [2.24, 2.45) is 5.10 Å². The molecule has 0 aliphatic carbocycles. The molecular weight excluding hydrogens is 344 g/mol. The Balaban J connectivity index is 2.03. The molecule has 2 nitrogen and oxygen atoms in total. The SMILES string of the molecule is Brc1ccc(N/N=C\c2ccccc2Br)cc1. The molecule has 0 aliphatic rings.